The zero-order chi connectivity index (χ0) is 99.1. The third-order valence-electron chi connectivity index (χ3n) is 24.5. The number of nitrogens with zero attached hydrogens (tertiary/aromatic N) is 6. The molecule has 3 aromatic carbocycles. The molecular weight excluding hydrogens is 1780 g/mol. The number of aliphatic hydroxyl groups is 1. The van der Waals surface area contributed by atoms with Gasteiger partial charge in [0, 0.05) is 112 Å². The maximum atomic E-state index is 15.8. The normalized spacial score (nSPS) is 24.1. The second kappa shape index (κ2) is 51.2. The van der Waals surface area contributed by atoms with Crippen LogP contribution in [-0.2, 0) is 107 Å². The minimum Gasteiger partial charge on any atom is -0.394 e. The van der Waals surface area contributed by atoms with Crippen molar-refractivity contribution < 1.29 is 91.0 Å². The second-order valence-corrected chi connectivity index (χ2v) is 36.1. The van der Waals surface area contributed by atoms with Gasteiger partial charge in [-0.05, 0) is 124 Å². The summed E-state index contributed by atoms with van der Waals surface area (Å²) in [5.41, 5.74) is 19.9. The molecule has 3 saturated heterocycles. The van der Waals surface area contributed by atoms with Crippen molar-refractivity contribution in [1.29, 1.82) is 5.41 Å². The number of para-hydroxylation sites is 2. The van der Waals surface area contributed by atoms with E-state index in [1.807, 2.05) is 13.8 Å². The summed E-state index contributed by atoms with van der Waals surface area (Å²) in [6.07, 6.45) is 6.13. The molecule has 44 heteroatoms. The van der Waals surface area contributed by atoms with Crippen LogP contribution in [0.4, 0.5) is 4.39 Å². The van der Waals surface area contributed by atoms with Crippen LogP contribution in [0.3, 0.4) is 0 Å². The van der Waals surface area contributed by atoms with Crippen LogP contribution in [0, 0.1) is 17.1 Å². The second-order valence-electron chi connectivity index (χ2n) is 35.1. The summed E-state index contributed by atoms with van der Waals surface area (Å²) in [7, 11) is 3.92. The molecule has 9 rings (SSSR count). The highest BCUT2D eigenvalue weighted by molar-refractivity contribution is 8.00. The summed E-state index contributed by atoms with van der Waals surface area (Å²) in [6, 6.07) is -1.64. The fraction of sp³-hybridized carbons (Fsp3) is 0.533. The summed E-state index contributed by atoms with van der Waals surface area (Å²) < 4.78 is 14.7. The van der Waals surface area contributed by atoms with Gasteiger partial charge in [0.2, 0.25) is 100 Å². The highest BCUT2D eigenvalue weighted by atomic mass is 32.2. The third-order valence-corrected chi connectivity index (χ3v) is 25.6. The predicted octanol–water partition coefficient (Wildman–Crippen LogP) is -1.08. The molecule has 0 aliphatic carbocycles. The van der Waals surface area contributed by atoms with Crippen LogP contribution in [0.1, 0.15) is 153 Å². The molecule has 22 N–H and O–H groups in total. The van der Waals surface area contributed by atoms with Gasteiger partial charge in [0.15, 0.2) is 5.96 Å². The van der Waals surface area contributed by atoms with E-state index in [-0.39, 0.29) is 115 Å². The summed E-state index contributed by atoms with van der Waals surface area (Å²) in [5.74, 6) is -17.9. The van der Waals surface area contributed by atoms with E-state index in [4.69, 9.17) is 22.6 Å². The Morgan fingerprint density at radius 1 is 0.544 bits per heavy atom. The van der Waals surface area contributed by atoms with E-state index in [1.165, 1.54) is 63.7 Å². The van der Waals surface area contributed by atoms with E-state index >= 15 is 38.4 Å². The van der Waals surface area contributed by atoms with Crippen LogP contribution >= 0.6 is 11.8 Å². The number of aliphatic hydroxyl groups excluding tert-OH is 1. The quantitative estimate of drug-likeness (QED) is 0.0166. The zero-order valence-corrected chi connectivity index (χ0v) is 78.7. The molecule has 3 aliphatic rings. The molecule has 3 aromatic heterocycles. The molecule has 136 heavy (non-hydrogen) atoms. The molecule has 0 bridgehead atoms. The summed E-state index contributed by atoms with van der Waals surface area (Å²) in [4.78, 5) is 270. The van der Waals surface area contributed by atoms with E-state index in [1.54, 1.807) is 80.8 Å². The molecular formula is C92H129FN24O18S. The number of hydrogen-bond acceptors (Lipinski definition) is 21. The van der Waals surface area contributed by atoms with Gasteiger partial charge in [-0.25, -0.2) is 9.37 Å². The van der Waals surface area contributed by atoms with E-state index < -0.39 is 228 Å². The summed E-state index contributed by atoms with van der Waals surface area (Å²) >= 11 is 0.758. The molecule has 6 aromatic rings. The molecule has 3 aliphatic heterocycles. The van der Waals surface area contributed by atoms with E-state index in [0.717, 1.165) is 31.4 Å². The molecule has 738 valence electrons. The number of guanidine groups is 1. The average molecular weight is 1910 g/mol. The predicted molar refractivity (Wildman–Crippen MR) is 501 cm³/mol. The maximum absolute atomic E-state index is 15.8. The fourth-order valence-corrected chi connectivity index (χ4v) is 17.8. The van der Waals surface area contributed by atoms with Gasteiger partial charge in [-0.15, -0.1) is 11.8 Å². The average Bonchev–Trinajstić information content (AvgIpc) is 1.56. The van der Waals surface area contributed by atoms with Gasteiger partial charge in [-0.1, -0.05) is 102 Å². The van der Waals surface area contributed by atoms with Crippen LogP contribution in [0.2, 0.25) is 0 Å². The molecule has 0 saturated carbocycles. The number of aryl methyl sites for hydroxylation is 1. The Hall–Kier alpha value is -13.6. The Labute approximate surface area is 791 Å². The number of fused-ring (bicyclic) bond motifs is 4. The number of nitrogens with one attached hydrogen (secondary N) is 15. The number of H-pyrrole nitrogens is 3. The Kier molecular flexibility index (Phi) is 40.0. The number of hydrogen-bond donors (Lipinski definition) is 19. The first-order valence-electron chi connectivity index (χ1n) is 46.0. The Morgan fingerprint density at radius 2 is 1.07 bits per heavy atom. The minimum absolute atomic E-state index is 0.000486. The summed E-state index contributed by atoms with van der Waals surface area (Å²) in [5, 5.41) is 49.7. The topological polar surface area (TPSA) is 621 Å². The highest BCUT2D eigenvalue weighted by Gasteiger charge is 2.46. The van der Waals surface area contributed by atoms with E-state index in [9.17, 15) is 52.6 Å². The van der Waals surface area contributed by atoms with Crippen molar-refractivity contribution in [2.75, 3.05) is 65.4 Å². The van der Waals surface area contributed by atoms with Crippen LogP contribution in [0.25, 0.3) is 21.8 Å². The number of amides is 17. The van der Waals surface area contributed by atoms with Crippen molar-refractivity contribution in [3.63, 3.8) is 0 Å². The molecule has 0 spiro atoms. The van der Waals surface area contributed by atoms with Crippen LogP contribution in [0.15, 0.2) is 97.7 Å². The minimum atomic E-state index is -1.85. The van der Waals surface area contributed by atoms with Gasteiger partial charge in [-0.2, -0.15) is 0 Å². The van der Waals surface area contributed by atoms with Crippen LogP contribution in [0.5, 0.6) is 0 Å². The van der Waals surface area contributed by atoms with Gasteiger partial charge in [0.05, 0.1) is 31.7 Å². The number of rotatable bonds is 27. The van der Waals surface area contributed by atoms with Gasteiger partial charge in [-0.3, -0.25) is 86.9 Å². The number of aromatic amines is 3. The Balaban J connectivity index is 1.10. The lowest BCUT2D eigenvalue weighted by Gasteiger charge is -2.36. The summed E-state index contributed by atoms with van der Waals surface area (Å²) in [6.45, 7) is 6.61. The largest absolute Gasteiger partial charge is 0.394 e. The number of imidazole rings is 1. The SMILES string of the molecule is CCCC[C@H]1C(=O)N(C)[C@@H](CCCC)C(=O)N[C@@H](CCCNC(=N)N)C(=O)N[C@H](C(=O)NCC(N)=O)CSCC(=O)N[C@@H](CCc2cccc(F)c2)C(=O)N(C)[C@@H](C)C(=O)N[C@@H](CC(N)=O)C(=O)N2CCC[C@H]2C(=O)N[C@@H](Cc2cnc[nH]2)C(=O)N[C@@H](CC(C)C)C(=O)N2CCCC2C(=O)N[C@@H](Cc2c[nH]c3ccccc23)C(=O)N[C@@H](CO)C(=O)N[C@@H](Cc2c[nH]c3ccccc23)C(=O)N1C. The molecule has 0 radical (unpaired) electrons. The van der Waals surface area contributed by atoms with Crippen molar-refractivity contribution in [3.8, 4) is 0 Å². The van der Waals surface area contributed by atoms with Crippen molar-refractivity contribution in [2.24, 2.45) is 23.1 Å². The molecule has 3 fully saturated rings. The number of primary amides is 2. The van der Waals surface area contributed by atoms with Crippen molar-refractivity contribution in [2.45, 2.75) is 241 Å². The number of halogens is 1. The van der Waals surface area contributed by atoms with Gasteiger partial charge >= 0.3 is 0 Å². The number of likely N-dealkylation sites (N-methyl/N-ethyl adjacent to an activating group) is 3. The number of unbranched alkanes of at least 4 members (excludes halogenated alkanes) is 2. The first kappa shape index (κ1) is 106. The fourth-order valence-electron chi connectivity index (χ4n) is 17.0. The number of benzene rings is 3. The Bertz CT molecular complexity index is 5250. The molecule has 1 unspecified atom stereocenters. The number of thioether (sulfide) groups is 1. The van der Waals surface area contributed by atoms with Gasteiger partial charge in [0.25, 0.3) is 0 Å². The lowest BCUT2D eigenvalue weighted by Crippen LogP contribution is -2.62. The van der Waals surface area contributed by atoms with Crippen molar-refractivity contribution in [3.05, 3.63) is 126 Å². The molecule has 42 nitrogen and oxygen atoms in total. The smallest absolute Gasteiger partial charge is 0.246 e. The Morgan fingerprint density at radius 3 is 1.64 bits per heavy atom. The molecule has 14 atom stereocenters. The van der Waals surface area contributed by atoms with Crippen LogP contribution in [-0.4, -0.2) is 306 Å². The number of nitrogens with two attached hydrogens (primary N) is 3. The number of aromatic nitrogens is 4. The first-order valence-corrected chi connectivity index (χ1v) is 47.1. The molecule has 17 amide bonds. The van der Waals surface area contributed by atoms with Crippen LogP contribution < -0.4 is 75.7 Å². The van der Waals surface area contributed by atoms with Crippen molar-refractivity contribution >= 4 is 140 Å². The third kappa shape index (κ3) is 29.7. The van der Waals surface area contributed by atoms with Crippen molar-refractivity contribution in [1.82, 2.24) is 103 Å². The lowest BCUT2D eigenvalue weighted by molar-refractivity contribution is -0.149. The van der Waals surface area contributed by atoms with E-state index in [2.05, 4.69) is 78.4 Å². The lowest BCUT2D eigenvalue weighted by atomic mass is 10.00. The number of carbonyl (C=O) groups is 17. The zero-order valence-electron chi connectivity index (χ0n) is 77.9. The number of carbonyl (C=O) groups excluding carboxylic acids is 17. The maximum Gasteiger partial charge on any atom is 0.246 e. The van der Waals surface area contributed by atoms with E-state index in [0.29, 0.717) is 69.9 Å². The van der Waals surface area contributed by atoms with Gasteiger partial charge < -0.3 is 120 Å². The highest BCUT2D eigenvalue weighted by Crippen LogP contribution is 2.28. The first-order chi connectivity index (χ1) is 64.9. The standard InChI is InChI=1S/C92H129FN24O18S/c1-9-11-28-71-84(128)105-62(27-18-34-99-92(96)97)80(124)112-70(79(123)102-46-76(95)120)48-136-49-77(121)104-63(33-32-53-21-17-22-56(93)38-53)87(131)113(6)52(5)78(122)108-68(42-75(94)119)90(134)117-36-20-31-73(117)86(130)107-65(41-57-45-98-50-103-57)82(126)109-66(37-51(3)4)89(133)116-35-19-30-72(116)85(129)106-64(39-54-43-100-60-25-15-13-23-58(54)60)81(125)111-69(47-118)83(127)110-67(40-55-44-101-61-26-16-14-24-59(55)61)88(132)115(8)74(29-12-10-2)91(135)114(71)7/h13-17,21-26,38,43-45,50-52,62-74,100-101,118H,9-12,18-20,27-37,39-42,46-49H2,1-8H3,(H2,94,119)(H2,95,120)(H,98,103)(H,102,123)(H,104,121)(H,105,128)(H,106,129)(H,107,130)(H,108,122)(H,109,126)(H,110,127)(H,111,125)(H,112,124)(H4,96,97,99)/t52-,62-,63-,64-,65-,66-,67-,68-,69-,70-,71-,72?,73-,74-/m0/s1. The van der Waals surface area contributed by atoms with Gasteiger partial charge in [0.1, 0.15) is 90.4 Å². The molecule has 6 heterocycles. The monoisotopic (exact) mass is 1910 g/mol.